The van der Waals surface area contributed by atoms with E-state index in [1.165, 1.54) is 32.6 Å². The summed E-state index contributed by atoms with van der Waals surface area (Å²) in [4.78, 5) is 12.6. The van der Waals surface area contributed by atoms with Gasteiger partial charge in [0.05, 0.1) is 22.1 Å². The molecule has 1 unspecified atom stereocenters. The van der Waals surface area contributed by atoms with Crippen molar-refractivity contribution in [2.24, 2.45) is 9.98 Å². The molecule has 9 aromatic rings. The lowest BCUT2D eigenvalue weighted by molar-refractivity contribution is 0.383. The monoisotopic (exact) mass is 655 g/mol. The minimum absolute atomic E-state index is 0.204. The van der Waals surface area contributed by atoms with Crippen LogP contribution in [-0.2, 0) is 0 Å². The van der Waals surface area contributed by atoms with Crippen LogP contribution in [-0.4, -0.2) is 32.8 Å². The quantitative estimate of drug-likeness (QED) is 0.182. The third-order valence-corrected chi connectivity index (χ3v) is 10.1. The lowest BCUT2D eigenvalue weighted by Crippen LogP contribution is -2.35. The molecule has 0 fully saturated rings. The highest BCUT2D eigenvalue weighted by atomic mass is 15.3. The highest BCUT2D eigenvalue weighted by Gasteiger charge is 2.27. The van der Waals surface area contributed by atoms with E-state index in [-0.39, 0.29) is 6.17 Å². The van der Waals surface area contributed by atoms with Crippen molar-refractivity contribution in [3.8, 4) is 11.4 Å². The van der Waals surface area contributed by atoms with E-state index in [4.69, 9.17) is 9.98 Å². The minimum Gasteiger partial charge on any atom is -0.333 e. The van der Waals surface area contributed by atoms with Crippen LogP contribution in [0, 0.1) is 0 Å². The molecule has 0 bridgehead atoms. The van der Waals surface area contributed by atoms with Gasteiger partial charge in [-0.15, -0.1) is 0 Å². The molecule has 10 rings (SSSR count). The third kappa shape index (κ3) is 4.70. The second-order valence-electron chi connectivity index (χ2n) is 13.1. The molecule has 51 heavy (non-hydrogen) atoms. The maximum absolute atomic E-state index is 5.26. The SMILES string of the molecule is CN1C(c2ccccc2)=NC(c2cccc(-n3c4ccccc4c4cc(-n5c6ccccc6c6ccccc65)ccc43)c2)=NC1c1ccccc1. The molecule has 0 radical (unpaired) electrons. The largest absolute Gasteiger partial charge is 0.333 e. The fourth-order valence-corrected chi connectivity index (χ4v) is 7.81. The van der Waals surface area contributed by atoms with E-state index < -0.39 is 0 Å². The van der Waals surface area contributed by atoms with E-state index in [9.17, 15) is 0 Å². The number of aromatic nitrogens is 2. The Morgan fingerprint density at radius 2 is 0.941 bits per heavy atom. The molecule has 5 heteroatoms. The number of para-hydroxylation sites is 3. The maximum Gasteiger partial charge on any atom is 0.159 e. The Balaban J connectivity index is 1.14. The van der Waals surface area contributed by atoms with Crippen LogP contribution in [0.25, 0.3) is 55.0 Å². The first-order chi connectivity index (χ1) is 25.2. The van der Waals surface area contributed by atoms with Gasteiger partial charge in [0.25, 0.3) is 0 Å². The molecule has 0 spiro atoms. The second-order valence-corrected chi connectivity index (χ2v) is 13.1. The number of benzene rings is 7. The zero-order valence-corrected chi connectivity index (χ0v) is 28.1. The lowest BCUT2D eigenvalue weighted by atomic mass is 10.1. The number of amidine groups is 2. The number of hydrogen-bond acceptors (Lipinski definition) is 3. The summed E-state index contributed by atoms with van der Waals surface area (Å²) >= 11 is 0. The molecule has 3 heterocycles. The van der Waals surface area contributed by atoms with Crippen molar-refractivity contribution in [2.75, 3.05) is 7.05 Å². The highest BCUT2D eigenvalue weighted by Crippen LogP contribution is 2.37. The predicted octanol–water partition coefficient (Wildman–Crippen LogP) is 10.7. The Morgan fingerprint density at radius 1 is 0.431 bits per heavy atom. The molecule has 1 aliphatic heterocycles. The van der Waals surface area contributed by atoms with E-state index in [1.807, 2.05) is 12.1 Å². The van der Waals surface area contributed by atoms with Crippen molar-refractivity contribution in [3.05, 3.63) is 193 Å². The van der Waals surface area contributed by atoms with Crippen LogP contribution in [0.5, 0.6) is 0 Å². The van der Waals surface area contributed by atoms with Gasteiger partial charge in [0.15, 0.2) is 5.84 Å². The number of fused-ring (bicyclic) bond motifs is 6. The number of rotatable bonds is 5. The molecule has 0 N–H and O–H groups in total. The number of nitrogens with zero attached hydrogens (tertiary/aromatic N) is 5. The average molecular weight is 656 g/mol. The highest BCUT2D eigenvalue weighted by molar-refractivity contribution is 6.14. The molecule has 0 aliphatic carbocycles. The summed E-state index contributed by atoms with van der Waals surface area (Å²) in [7, 11) is 2.08. The van der Waals surface area contributed by atoms with Crippen molar-refractivity contribution in [1.29, 1.82) is 0 Å². The first-order valence-corrected chi connectivity index (χ1v) is 17.4. The number of aliphatic imine (C=N–C) groups is 2. The van der Waals surface area contributed by atoms with Crippen molar-refractivity contribution in [3.63, 3.8) is 0 Å². The summed E-state index contributed by atoms with van der Waals surface area (Å²) in [5.74, 6) is 1.62. The first-order valence-electron chi connectivity index (χ1n) is 17.4. The van der Waals surface area contributed by atoms with E-state index in [2.05, 4.69) is 185 Å². The van der Waals surface area contributed by atoms with Crippen LogP contribution in [0.3, 0.4) is 0 Å². The smallest absolute Gasteiger partial charge is 0.159 e. The van der Waals surface area contributed by atoms with Gasteiger partial charge in [-0.2, -0.15) is 0 Å². The summed E-state index contributed by atoms with van der Waals surface area (Å²) in [5.41, 5.74) is 10.1. The summed E-state index contributed by atoms with van der Waals surface area (Å²) in [5, 5.41) is 4.94. The Labute approximate surface area is 295 Å². The van der Waals surface area contributed by atoms with Crippen LogP contribution in [0.4, 0.5) is 0 Å². The van der Waals surface area contributed by atoms with Crippen LogP contribution >= 0.6 is 0 Å². The summed E-state index contributed by atoms with van der Waals surface area (Å²) in [6.45, 7) is 0. The fourth-order valence-electron chi connectivity index (χ4n) is 7.81. The summed E-state index contributed by atoms with van der Waals surface area (Å²) in [6, 6.07) is 62.4. The molecule has 0 saturated heterocycles. The van der Waals surface area contributed by atoms with Gasteiger partial charge in [0.2, 0.25) is 0 Å². The van der Waals surface area contributed by atoms with Gasteiger partial charge in [-0.25, -0.2) is 9.98 Å². The topological polar surface area (TPSA) is 37.8 Å². The van der Waals surface area contributed by atoms with Crippen molar-refractivity contribution in [1.82, 2.24) is 14.0 Å². The molecule has 7 aromatic carbocycles. The molecule has 0 saturated carbocycles. The van der Waals surface area contributed by atoms with E-state index in [0.717, 1.165) is 50.8 Å². The Bertz CT molecular complexity index is 2770. The molecule has 1 atom stereocenters. The molecule has 1 aliphatic rings. The van der Waals surface area contributed by atoms with E-state index in [1.54, 1.807) is 0 Å². The van der Waals surface area contributed by atoms with Gasteiger partial charge in [-0.3, -0.25) is 0 Å². The van der Waals surface area contributed by atoms with Crippen molar-refractivity contribution < 1.29 is 0 Å². The summed E-state index contributed by atoms with van der Waals surface area (Å²) in [6.07, 6.45) is -0.204. The maximum atomic E-state index is 5.26. The van der Waals surface area contributed by atoms with Crippen LogP contribution in [0.1, 0.15) is 22.9 Å². The summed E-state index contributed by atoms with van der Waals surface area (Å²) < 4.78 is 4.76. The predicted molar refractivity (Wildman–Crippen MR) is 212 cm³/mol. The van der Waals surface area contributed by atoms with Gasteiger partial charge in [-0.05, 0) is 54.1 Å². The molecular formula is C46H33N5. The fraction of sp³-hybridized carbons (Fsp3) is 0.0435. The van der Waals surface area contributed by atoms with E-state index >= 15 is 0 Å². The minimum atomic E-state index is -0.204. The third-order valence-electron chi connectivity index (χ3n) is 10.1. The van der Waals surface area contributed by atoms with Gasteiger partial charge in [0, 0.05) is 51.1 Å². The normalized spacial score (nSPS) is 14.8. The zero-order valence-electron chi connectivity index (χ0n) is 28.1. The molecular weight excluding hydrogens is 623 g/mol. The lowest BCUT2D eigenvalue weighted by Gasteiger charge is -2.32. The Hall–Kier alpha value is -6.72. The van der Waals surface area contributed by atoms with E-state index in [0.29, 0.717) is 0 Å². The first kappa shape index (κ1) is 29.2. The molecule has 242 valence electrons. The number of hydrogen-bond donors (Lipinski definition) is 0. The molecule has 0 amide bonds. The van der Waals surface area contributed by atoms with Crippen molar-refractivity contribution in [2.45, 2.75) is 6.17 Å². The van der Waals surface area contributed by atoms with Gasteiger partial charge in [0.1, 0.15) is 12.0 Å². The average Bonchev–Trinajstić information content (AvgIpc) is 3.71. The van der Waals surface area contributed by atoms with Gasteiger partial charge < -0.3 is 14.0 Å². The Kier molecular flexibility index (Phi) is 6.71. The molecule has 5 nitrogen and oxygen atoms in total. The van der Waals surface area contributed by atoms with Crippen LogP contribution in [0.2, 0.25) is 0 Å². The van der Waals surface area contributed by atoms with Gasteiger partial charge in [-0.1, -0.05) is 127 Å². The Morgan fingerprint density at radius 3 is 1.59 bits per heavy atom. The second kappa shape index (κ2) is 11.7. The standard InChI is InChI=1S/C46H33N5/c1-49-45(31-15-4-2-5-16-31)47-44(48-46(49)32-17-6-3-7-18-32)33-19-14-20-34(29-33)50-42-26-13-10-23-38(42)39-30-35(27-28-43(39)50)51-40-24-11-8-21-36(40)37-22-9-12-25-41(37)51/h2-30,45H,1H3. The van der Waals surface area contributed by atoms with Crippen LogP contribution < -0.4 is 0 Å². The van der Waals surface area contributed by atoms with Crippen LogP contribution in [0.15, 0.2) is 186 Å². The van der Waals surface area contributed by atoms with Gasteiger partial charge >= 0.3 is 0 Å². The zero-order chi connectivity index (χ0) is 33.9. The molecule has 2 aromatic heterocycles. The van der Waals surface area contributed by atoms with Crippen molar-refractivity contribution >= 4 is 55.3 Å².